The van der Waals surface area contributed by atoms with Crippen molar-refractivity contribution in [1.29, 1.82) is 0 Å². The van der Waals surface area contributed by atoms with E-state index >= 15 is 4.39 Å². The van der Waals surface area contributed by atoms with Gasteiger partial charge in [0, 0.05) is 23.4 Å². The molecule has 1 heterocycles. The van der Waals surface area contributed by atoms with E-state index in [-0.39, 0.29) is 11.7 Å². The van der Waals surface area contributed by atoms with E-state index in [1.54, 1.807) is 26.4 Å². The lowest BCUT2D eigenvalue weighted by Gasteiger charge is -2.36. The molecule has 0 unspecified atom stereocenters. The number of carbonyl (C=O) groups excluding carboxylic acids is 1. The van der Waals surface area contributed by atoms with Crippen LogP contribution in [-0.2, 0) is 4.79 Å². The van der Waals surface area contributed by atoms with Gasteiger partial charge in [0.1, 0.15) is 11.4 Å². The van der Waals surface area contributed by atoms with Crippen molar-refractivity contribution in [1.82, 2.24) is 10.3 Å². The molecule has 0 fully saturated rings. The highest BCUT2D eigenvalue weighted by atomic mass is 19.2. The number of benzene rings is 2. The van der Waals surface area contributed by atoms with Crippen molar-refractivity contribution in [2.45, 2.75) is 52.0 Å². The van der Waals surface area contributed by atoms with E-state index in [1.807, 2.05) is 24.3 Å². The Hall–Kier alpha value is -3.26. The van der Waals surface area contributed by atoms with Crippen LogP contribution < -0.4 is 19.5 Å². The van der Waals surface area contributed by atoms with Crippen molar-refractivity contribution in [3.05, 3.63) is 42.0 Å². The summed E-state index contributed by atoms with van der Waals surface area (Å²) >= 11 is 0. The van der Waals surface area contributed by atoms with Gasteiger partial charge in [-0.3, -0.25) is 4.79 Å². The summed E-state index contributed by atoms with van der Waals surface area (Å²) in [6.45, 7) is 7.55. The number of nitrogens with one attached hydrogen (secondary N) is 2. The molecule has 184 valence electrons. The molecule has 0 saturated heterocycles. The zero-order valence-corrected chi connectivity index (χ0v) is 20.7. The summed E-state index contributed by atoms with van der Waals surface area (Å²) < 4.78 is 32.2. The molecular weight excluding hydrogens is 439 g/mol. The summed E-state index contributed by atoms with van der Waals surface area (Å²) in [5.41, 5.74) is 1.85. The van der Waals surface area contributed by atoms with Crippen molar-refractivity contribution < 1.29 is 28.5 Å². The zero-order valence-electron chi connectivity index (χ0n) is 20.7. The Morgan fingerprint density at radius 1 is 1.12 bits per heavy atom. The lowest BCUT2D eigenvalue weighted by Crippen LogP contribution is -2.57. The summed E-state index contributed by atoms with van der Waals surface area (Å²) in [5, 5.41) is 13.7. The molecule has 3 rings (SSSR count). The predicted molar refractivity (Wildman–Crippen MR) is 130 cm³/mol. The van der Waals surface area contributed by atoms with Gasteiger partial charge >= 0.3 is 0 Å². The van der Waals surface area contributed by atoms with Crippen molar-refractivity contribution in [2.24, 2.45) is 0 Å². The van der Waals surface area contributed by atoms with Crippen molar-refractivity contribution in [2.75, 3.05) is 20.8 Å². The first-order valence-corrected chi connectivity index (χ1v) is 11.1. The minimum atomic E-state index is -2.53. The van der Waals surface area contributed by atoms with E-state index in [4.69, 9.17) is 14.2 Å². The fourth-order valence-corrected chi connectivity index (χ4v) is 3.88. The maximum Gasteiger partial charge on any atom is 0.292 e. The van der Waals surface area contributed by atoms with Crippen LogP contribution in [0.1, 0.15) is 46.1 Å². The maximum absolute atomic E-state index is 15.7. The first-order chi connectivity index (χ1) is 15.9. The summed E-state index contributed by atoms with van der Waals surface area (Å²) in [7, 11) is 3.18. The number of amides is 1. The van der Waals surface area contributed by atoms with Crippen LogP contribution in [-0.4, -0.2) is 48.2 Å². The SMILES string of the molecule is COc1ccc(-c2[nH]c3ccc(O[C@@](F)(CNC(C)=O)C(C)(C)O)cc3c2C(C)C)cc1OC. The van der Waals surface area contributed by atoms with Crippen molar-refractivity contribution >= 4 is 16.8 Å². The second-order valence-corrected chi connectivity index (χ2v) is 9.14. The van der Waals surface area contributed by atoms with E-state index in [2.05, 4.69) is 24.1 Å². The molecule has 34 heavy (non-hydrogen) atoms. The van der Waals surface area contributed by atoms with E-state index in [9.17, 15) is 9.90 Å². The summed E-state index contributed by atoms with van der Waals surface area (Å²) in [6.07, 6.45) is 0. The van der Waals surface area contributed by atoms with Crippen molar-refractivity contribution in [3.8, 4) is 28.5 Å². The van der Waals surface area contributed by atoms with Crippen LogP contribution >= 0.6 is 0 Å². The standard InChI is InChI=1S/C26H33FN2O5/c1-15(2)23-19-13-18(34-26(27,25(4,5)31)14-28-16(3)30)9-10-20(19)29-24(23)17-8-11-21(32-6)22(12-17)33-7/h8-13,15,29,31H,14H2,1-7H3,(H,28,30)/t26-/m0/s1. The molecule has 1 atom stereocenters. The number of halogens is 1. The molecule has 0 bridgehead atoms. The average Bonchev–Trinajstić information content (AvgIpc) is 3.15. The monoisotopic (exact) mass is 472 g/mol. The molecule has 8 heteroatoms. The molecule has 0 radical (unpaired) electrons. The minimum Gasteiger partial charge on any atom is -0.493 e. The number of hydrogen-bond donors (Lipinski definition) is 3. The van der Waals surface area contributed by atoms with Gasteiger partial charge in [-0.05, 0) is 61.7 Å². The molecule has 7 nitrogen and oxygen atoms in total. The fourth-order valence-electron chi connectivity index (χ4n) is 3.88. The highest BCUT2D eigenvalue weighted by molar-refractivity contribution is 5.92. The summed E-state index contributed by atoms with van der Waals surface area (Å²) in [5.74, 6) is -1.33. The summed E-state index contributed by atoms with van der Waals surface area (Å²) in [6, 6.07) is 10.9. The van der Waals surface area contributed by atoms with Crippen LogP contribution in [0.25, 0.3) is 22.2 Å². The quantitative estimate of drug-likeness (QED) is 0.411. The summed E-state index contributed by atoms with van der Waals surface area (Å²) in [4.78, 5) is 14.8. The van der Waals surface area contributed by atoms with Crippen LogP contribution in [0.3, 0.4) is 0 Å². The molecule has 1 aromatic heterocycles. The van der Waals surface area contributed by atoms with Gasteiger partial charge in [0.05, 0.1) is 26.5 Å². The van der Waals surface area contributed by atoms with E-state index in [0.717, 1.165) is 27.7 Å². The van der Waals surface area contributed by atoms with Gasteiger partial charge in [0.2, 0.25) is 5.91 Å². The first-order valence-electron chi connectivity index (χ1n) is 11.1. The number of ether oxygens (including phenoxy) is 3. The Labute approximate surface area is 199 Å². The van der Waals surface area contributed by atoms with Crippen molar-refractivity contribution in [3.63, 3.8) is 0 Å². The van der Waals surface area contributed by atoms with Gasteiger partial charge in [-0.15, -0.1) is 0 Å². The van der Waals surface area contributed by atoms with E-state index < -0.39 is 23.9 Å². The Bertz CT molecular complexity index is 1180. The lowest BCUT2D eigenvalue weighted by atomic mass is 9.95. The lowest BCUT2D eigenvalue weighted by molar-refractivity contribution is -0.192. The predicted octanol–water partition coefficient (Wildman–Crippen LogP) is 4.93. The van der Waals surface area contributed by atoms with Gasteiger partial charge in [-0.25, -0.2) is 0 Å². The smallest absolute Gasteiger partial charge is 0.292 e. The van der Waals surface area contributed by atoms with Crippen LogP contribution in [0.15, 0.2) is 36.4 Å². The number of hydrogen-bond acceptors (Lipinski definition) is 5. The van der Waals surface area contributed by atoms with Gasteiger partial charge in [-0.2, -0.15) is 4.39 Å². The molecule has 1 amide bonds. The number of fused-ring (bicyclic) bond motifs is 1. The number of rotatable bonds is 9. The molecule has 0 aliphatic rings. The topological polar surface area (TPSA) is 92.8 Å². The Kier molecular flexibility index (Phi) is 7.12. The van der Waals surface area contributed by atoms with E-state index in [1.165, 1.54) is 20.8 Å². The number of carbonyl (C=O) groups is 1. The third-order valence-electron chi connectivity index (χ3n) is 5.82. The van der Waals surface area contributed by atoms with Gasteiger partial charge < -0.3 is 29.6 Å². The highest BCUT2D eigenvalue weighted by Crippen LogP contribution is 2.40. The minimum absolute atomic E-state index is 0.135. The largest absolute Gasteiger partial charge is 0.493 e. The van der Waals surface area contributed by atoms with Crippen LogP contribution in [0.4, 0.5) is 4.39 Å². The zero-order chi connectivity index (χ0) is 25.3. The van der Waals surface area contributed by atoms with Gasteiger partial charge in [-0.1, -0.05) is 13.8 Å². The molecule has 2 aromatic carbocycles. The van der Waals surface area contributed by atoms with Gasteiger partial charge in [0.25, 0.3) is 5.85 Å². The average molecular weight is 473 g/mol. The number of H-pyrrole nitrogens is 1. The highest BCUT2D eigenvalue weighted by Gasteiger charge is 2.47. The molecule has 0 aliphatic heterocycles. The van der Waals surface area contributed by atoms with E-state index in [0.29, 0.717) is 11.5 Å². The Balaban J connectivity index is 2.09. The Morgan fingerprint density at radius 2 is 1.79 bits per heavy atom. The third-order valence-corrected chi connectivity index (χ3v) is 5.82. The number of alkyl halides is 1. The van der Waals surface area contributed by atoms with Gasteiger partial charge in [0.15, 0.2) is 11.5 Å². The van der Waals surface area contributed by atoms with Crippen LogP contribution in [0.2, 0.25) is 0 Å². The molecule has 0 saturated carbocycles. The van der Waals surface area contributed by atoms with Crippen LogP contribution in [0.5, 0.6) is 17.2 Å². The molecule has 3 N–H and O–H groups in total. The van der Waals surface area contributed by atoms with Crippen LogP contribution in [0, 0.1) is 0 Å². The first kappa shape index (κ1) is 25.4. The number of aliphatic hydroxyl groups is 1. The number of aromatic amines is 1. The molecule has 0 aliphatic carbocycles. The molecular formula is C26H33FN2O5. The Morgan fingerprint density at radius 3 is 2.35 bits per heavy atom. The number of aromatic nitrogens is 1. The third kappa shape index (κ3) is 4.97. The molecule has 0 spiro atoms. The second kappa shape index (κ2) is 9.54. The normalized spacial score (nSPS) is 13.6. The number of methoxy groups -OCH3 is 2. The molecule has 3 aromatic rings. The maximum atomic E-state index is 15.7. The second-order valence-electron chi connectivity index (χ2n) is 9.14. The fraction of sp³-hybridized carbons (Fsp3) is 0.423.